The van der Waals surface area contributed by atoms with Crippen LogP contribution in [0.3, 0.4) is 0 Å². The van der Waals surface area contributed by atoms with Gasteiger partial charge in [0.2, 0.25) is 5.91 Å². The molecule has 8 heteroatoms. The number of nitrogens with one attached hydrogen (secondary N) is 3. The minimum Gasteiger partial charge on any atom is -0.493 e. The molecule has 0 spiro atoms. The number of carbonyl (C=O) groups is 2. The average molecular weight is 401 g/mol. The van der Waals surface area contributed by atoms with E-state index in [9.17, 15) is 14.0 Å². The molecule has 0 atom stereocenters. The van der Waals surface area contributed by atoms with Gasteiger partial charge in [-0.3, -0.25) is 25.8 Å². The predicted octanol–water partition coefficient (Wildman–Crippen LogP) is 2.96. The molecule has 146 valence electrons. The van der Waals surface area contributed by atoms with Gasteiger partial charge in [-0.1, -0.05) is 31.2 Å². The van der Waals surface area contributed by atoms with Gasteiger partial charge in [0, 0.05) is 6.08 Å². The molecule has 0 radical (unpaired) electrons. The van der Waals surface area contributed by atoms with E-state index < -0.39 is 11.8 Å². The Bertz CT molecular complexity index is 869. The molecule has 0 heterocycles. The maximum atomic E-state index is 12.8. The van der Waals surface area contributed by atoms with E-state index in [1.165, 1.54) is 36.4 Å². The Hall–Kier alpha value is -3.26. The monoisotopic (exact) mass is 401 g/mol. The second-order valence-electron chi connectivity index (χ2n) is 5.63. The van der Waals surface area contributed by atoms with E-state index in [0.29, 0.717) is 23.5 Å². The summed E-state index contributed by atoms with van der Waals surface area (Å²) in [5, 5.41) is 2.32. The summed E-state index contributed by atoms with van der Waals surface area (Å²) in [4.78, 5) is 24.1. The molecular weight excluding hydrogens is 381 g/mol. The van der Waals surface area contributed by atoms with Crippen LogP contribution in [0.1, 0.15) is 29.3 Å². The highest BCUT2D eigenvalue weighted by Gasteiger charge is 2.12. The second-order valence-corrected chi connectivity index (χ2v) is 6.04. The fraction of sp³-hybridized carbons (Fsp3) is 0.150. The number of hydrazine groups is 1. The molecule has 0 saturated carbocycles. The number of amides is 2. The SMILES string of the molecule is CCCOc1ccccc1C(=O)NNC(=S)NC(=O)C=Cc1ccc(F)cc1. The number of carbonyl (C=O) groups excluding carboxylic acids is 2. The van der Waals surface area contributed by atoms with Gasteiger partial charge in [0.25, 0.3) is 5.91 Å². The number of hydrogen-bond acceptors (Lipinski definition) is 4. The lowest BCUT2D eigenvalue weighted by Gasteiger charge is -2.12. The second kappa shape index (κ2) is 10.8. The summed E-state index contributed by atoms with van der Waals surface area (Å²) < 4.78 is 18.4. The van der Waals surface area contributed by atoms with Crippen molar-refractivity contribution in [3.63, 3.8) is 0 Å². The number of benzene rings is 2. The number of halogens is 1. The van der Waals surface area contributed by atoms with Crippen LogP contribution in [-0.4, -0.2) is 23.5 Å². The number of rotatable bonds is 6. The molecule has 28 heavy (non-hydrogen) atoms. The molecular formula is C20H20FN3O3S. The van der Waals surface area contributed by atoms with Gasteiger partial charge >= 0.3 is 0 Å². The summed E-state index contributed by atoms with van der Waals surface area (Å²) in [5.41, 5.74) is 5.87. The topological polar surface area (TPSA) is 79.5 Å². The quantitative estimate of drug-likeness (QED) is 0.394. The van der Waals surface area contributed by atoms with Gasteiger partial charge in [0.15, 0.2) is 5.11 Å². The number of para-hydroxylation sites is 1. The van der Waals surface area contributed by atoms with Crippen molar-refractivity contribution in [3.8, 4) is 5.75 Å². The summed E-state index contributed by atoms with van der Waals surface area (Å²) in [6.07, 6.45) is 3.57. The molecule has 3 N–H and O–H groups in total. The first kappa shape index (κ1) is 21.0. The van der Waals surface area contributed by atoms with Crippen LogP contribution in [0.25, 0.3) is 6.08 Å². The van der Waals surface area contributed by atoms with E-state index >= 15 is 0 Å². The van der Waals surface area contributed by atoms with Crippen molar-refractivity contribution in [1.29, 1.82) is 0 Å². The Morgan fingerprint density at radius 1 is 1.11 bits per heavy atom. The fourth-order valence-corrected chi connectivity index (χ4v) is 2.26. The molecule has 0 bridgehead atoms. The van der Waals surface area contributed by atoms with Crippen molar-refractivity contribution in [2.24, 2.45) is 0 Å². The van der Waals surface area contributed by atoms with Crippen molar-refractivity contribution in [2.75, 3.05) is 6.61 Å². The van der Waals surface area contributed by atoms with E-state index in [0.717, 1.165) is 6.42 Å². The molecule has 2 aromatic carbocycles. The molecule has 0 aliphatic heterocycles. The van der Waals surface area contributed by atoms with Crippen LogP contribution in [0.5, 0.6) is 5.75 Å². The Morgan fingerprint density at radius 2 is 1.82 bits per heavy atom. The third-order valence-electron chi connectivity index (χ3n) is 3.42. The fourth-order valence-electron chi connectivity index (χ4n) is 2.10. The van der Waals surface area contributed by atoms with E-state index in [1.807, 2.05) is 6.92 Å². The highest BCUT2D eigenvalue weighted by atomic mass is 32.1. The molecule has 0 aromatic heterocycles. The van der Waals surface area contributed by atoms with Crippen molar-refractivity contribution >= 4 is 35.2 Å². The molecule has 2 rings (SSSR count). The van der Waals surface area contributed by atoms with Crippen LogP contribution in [-0.2, 0) is 4.79 Å². The Balaban J connectivity index is 1.84. The Morgan fingerprint density at radius 3 is 2.54 bits per heavy atom. The van der Waals surface area contributed by atoms with Crippen molar-refractivity contribution in [1.82, 2.24) is 16.2 Å². The molecule has 6 nitrogen and oxygen atoms in total. The smallest absolute Gasteiger partial charge is 0.273 e. The normalized spacial score (nSPS) is 10.4. The highest BCUT2D eigenvalue weighted by molar-refractivity contribution is 7.80. The average Bonchev–Trinajstić information content (AvgIpc) is 2.70. The van der Waals surface area contributed by atoms with Crippen LogP contribution < -0.4 is 20.9 Å². The van der Waals surface area contributed by atoms with Gasteiger partial charge < -0.3 is 4.74 Å². The van der Waals surface area contributed by atoms with Crippen molar-refractivity contribution in [3.05, 3.63) is 71.6 Å². The van der Waals surface area contributed by atoms with Crippen molar-refractivity contribution < 1.29 is 18.7 Å². The molecule has 2 amide bonds. The van der Waals surface area contributed by atoms with Crippen LogP contribution in [0.4, 0.5) is 4.39 Å². The third-order valence-corrected chi connectivity index (χ3v) is 3.62. The van der Waals surface area contributed by atoms with Gasteiger partial charge in [-0.2, -0.15) is 0 Å². The predicted molar refractivity (Wildman–Crippen MR) is 109 cm³/mol. The minimum atomic E-state index is -0.497. The van der Waals surface area contributed by atoms with E-state index in [-0.39, 0.29) is 10.9 Å². The summed E-state index contributed by atoms with van der Waals surface area (Å²) in [5.74, 6) is -0.849. The summed E-state index contributed by atoms with van der Waals surface area (Å²) in [6, 6.07) is 12.5. The lowest BCUT2D eigenvalue weighted by atomic mass is 10.2. The zero-order valence-electron chi connectivity index (χ0n) is 15.2. The third kappa shape index (κ3) is 6.81. The van der Waals surface area contributed by atoms with Gasteiger partial charge in [0.05, 0.1) is 12.2 Å². The zero-order chi connectivity index (χ0) is 20.4. The zero-order valence-corrected chi connectivity index (χ0v) is 16.0. The van der Waals surface area contributed by atoms with Gasteiger partial charge in [-0.15, -0.1) is 0 Å². The summed E-state index contributed by atoms with van der Waals surface area (Å²) >= 11 is 4.98. The Kier molecular flexibility index (Phi) is 8.11. The lowest BCUT2D eigenvalue weighted by Crippen LogP contribution is -2.48. The van der Waals surface area contributed by atoms with Crippen LogP contribution in [0.15, 0.2) is 54.6 Å². The molecule has 0 aliphatic rings. The summed E-state index contributed by atoms with van der Waals surface area (Å²) in [6.45, 7) is 2.46. The molecule has 0 saturated heterocycles. The van der Waals surface area contributed by atoms with Gasteiger partial charge in [-0.25, -0.2) is 4.39 Å². The van der Waals surface area contributed by atoms with Crippen LogP contribution >= 0.6 is 12.2 Å². The first-order valence-corrected chi connectivity index (χ1v) is 8.97. The van der Waals surface area contributed by atoms with Crippen LogP contribution in [0, 0.1) is 5.82 Å². The van der Waals surface area contributed by atoms with Gasteiger partial charge in [0.1, 0.15) is 11.6 Å². The van der Waals surface area contributed by atoms with Gasteiger partial charge in [-0.05, 0) is 54.5 Å². The minimum absolute atomic E-state index is 0.0749. The maximum Gasteiger partial charge on any atom is 0.273 e. The molecule has 0 fully saturated rings. The first-order valence-electron chi connectivity index (χ1n) is 8.56. The first-order chi connectivity index (χ1) is 13.5. The largest absolute Gasteiger partial charge is 0.493 e. The molecule has 0 unspecified atom stereocenters. The maximum absolute atomic E-state index is 12.8. The van der Waals surface area contributed by atoms with E-state index in [4.69, 9.17) is 17.0 Å². The molecule has 2 aromatic rings. The van der Waals surface area contributed by atoms with E-state index in [2.05, 4.69) is 16.2 Å². The Labute approximate surface area is 167 Å². The lowest BCUT2D eigenvalue weighted by molar-refractivity contribution is -0.115. The van der Waals surface area contributed by atoms with Crippen LogP contribution in [0.2, 0.25) is 0 Å². The molecule has 0 aliphatic carbocycles. The number of hydrogen-bond donors (Lipinski definition) is 3. The van der Waals surface area contributed by atoms with E-state index in [1.54, 1.807) is 24.3 Å². The number of thiocarbonyl (C=S) groups is 1. The highest BCUT2D eigenvalue weighted by Crippen LogP contribution is 2.17. The summed E-state index contributed by atoms with van der Waals surface area (Å²) in [7, 11) is 0. The standard InChI is InChI=1S/C20H20FN3O3S/c1-2-13-27-17-6-4-3-5-16(17)19(26)23-24-20(28)22-18(25)12-9-14-7-10-15(21)11-8-14/h3-12H,2,13H2,1H3,(H,23,26)(H2,22,24,25,28). The number of ether oxygens (including phenoxy) is 1. The van der Waals surface area contributed by atoms with Crippen molar-refractivity contribution in [2.45, 2.75) is 13.3 Å².